The van der Waals surface area contributed by atoms with Crippen molar-refractivity contribution in [2.24, 2.45) is 5.92 Å². The van der Waals surface area contributed by atoms with E-state index in [9.17, 15) is 15.2 Å². The molecule has 162 valence electrons. The lowest BCUT2D eigenvalue weighted by Crippen LogP contribution is -2.30. The molecule has 0 amide bonds. The number of aliphatic hydroxyl groups is 1. The Kier molecular flexibility index (Phi) is 6.93. The highest BCUT2D eigenvalue weighted by molar-refractivity contribution is 5.72. The van der Waals surface area contributed by atoms with E-state index in [1.807, 2.05) is 13.8 Å². The van der Waals surface area contributed by atoms with Crippen LogP contribution in [0.25, 0.3) is 11.3 Å². The zero-order chi connectivity index (χ0) is 22.4. The number of nitro benzene ring substituents is 1. The van der Waals surface area contributed by atoms with Gasteiger partial charge in [-0.15, -0.1) is 0 Å². The summed E-state index contributed by atoms with van der Waals surface area (Å²) < 4.78 is 5.09. The van der Waals surface area contributed by atoms with Crippen LogP contribution in [0, 0.1) is 16.0 Å². The largest absolute Gasteiger partial charge is 0.496 e. The molecule has 0 bridgehead atoms. The Labute approximate surface area is 179 Å². The predicted octanol–water partition coefficient (Wildman–Crippen LogP) is 3.63. The smallest absolute Gasteiger partial charge is 0.296 e. The van der Waals surface area contributed by atoms with Gasteiger partial charge in [-0.1, -0.05) is 13.8 Å². The van der Waals surface area contributed by atoms with E-state index in [2.05, 4.69) is 25.6 Å². The van der Waals surface area contributed by atoms with Crippen molar-refractivity contribution >= 4 is 23.1 Å². The minimum atomic E-state index is -0.491. The van der Waals surface area contributed by atoms with E-state index in [4.69, 9.17) is 4.74 Å². The monoisotopic (exact) mass is 424 g/mol. The van der Waals surface area contributed by atoms with Gasteiger partial charge in [0.2, 0.25) is 5.95 Å². The number of aromatic nitrogens is 3. The van der Waals surface area contributed by atoms with Crippen LogP contribution in [0.4, 0.5) is 23.1 Å². The topological polar surface area (TPSA) is 135 Å². The Morgan fingerprint density at radius 3 is 2.52 bits per heavy atom. The zero-order valence-electron chi connectivity index (χ0n) is 17.4. The number of hydrogen-bond acceptors (Lipinski definition) is 9. The number of aliphatic hydroxyl groups excluding tert-OH is 1. The first-order valence-corrected chi connectivity index (χ1v) is 9.67. The van der Waals surface area contributed by atoms with Crippen molar-refractivity contribution in [1.29, 1.82) is 0 Å². The van der Waals surface area contributed by atoms with Crippen molar-refractivity contribution in [3.63, 3.8) is 0 Å². The number of anilines is 3. The minimum Gasteiger partial charge on any atom is -0.496 e. The average Bonchev–Trinajstić information content (AvgIpc) is 2.77. The second-order valence-corrected chi connectivity index (χ2v) is 7.14. The van der Waals surface area contributed by atoms with Gasteiger partial charge in [0.05, 0.1) is 36.4 Å². The number of nitro groups is 1. The van der Waals surface area contributed by atoms with E-state index < -0.39 is 4.92 Å². The van der Waals surface area contributed by atoms with Crippen LogP contribution in [0.1, 0.15) is 13.8 Å². The summed E-state index contributed by atoms with van der Waals surface area (Å²) in [4.78, 5) is 24.1. The van der Waals surface area contributed by atoms with Gasteiger partial charge in [-0.05, 0) is 30.2 Å². The minimum absolute atomic E-state index is 0.0901. The number of nitrogens with one attached hydrogen (secondary N) is 2. The maximum Gasteiger partial charge on any atom is 0.296 e. The highest BCUT2D eigenvalue weighted by atomic mass is 16.6. The highest BCUT2D eigenvalue weighted by Gasteiger charge is 2.18. The van der Waals surface area contributed by atoms with Crippen LogP contribution in [0.2, 0.25) is 0 Å². The lowest BCUT2D eigenvalue weighted by atomic mass is 10.1. The molecular formula is C21H24N6O4. The molecule has 3 aromatic rings. The third-order valence-electron chi connectivity index (χ3n) is 4.68. The second-order valence-electron chi connectivity index (χ2n) is 7.14. The van der Waals surface area contributed by atoms with Gasteiger partial charge in [0.15, 0.2) is 0 Å². The number of hydrogen-bond donors (Lipinski definition) is 3. The molecule has 0 saturated carbocycles. The Morgan fingerprint density at radius 2 is 1.90 bits per heavy atom. The van der Waals surface area contributed by atoms with Crippen LogP contribution in [-0.2, 0) is 0 Å². The van der Waals surface area contributed by atoms with Crippen LogP contribution in [0.5, 0.6) is 5.75 Å². The van der Waals surface area contributed by atoms with E-state index in [0.717, 1.165) is 5.56 Å². The maximum absolute atomic E-state index is 11.5. The van der Waals surface area contributed by atoms with Crippen molar-refractivity contribution in [2.75, 3.05) is 24.4 Å². The molecular weight excluding hydrogens is 400 g/mol. The highest BCUT2D eigenvalue weighted by Crippen LogP contribution is 2.32. The molecule has 0 aliphatic rings. The van der Waals surface area contributed by atoms with Crippen molar-refractivity contribution in [2.45, 2.75) is 19.9 Å². The molecule has 0 spiro atoms. The summed E-state index contributed by atoms with van der Waals surface area (Å²) in [7, 11) is 1.45. The third-order valence-corrected chi connectivity index (χ3v) is 4.68. The SMILES string of the molecule is COc1ccc(Nc2cc(-c3ccncc3)nc(N[C@H](CO)C(C)C)n2)c([N+](=O)[O-])c1. The van der Waals surface area contributed by atoms with E-state index in [1.54, 1.807) is 42.7 Å². The summed E-state index contributed by atoms with van der Waals surface area (Å²) in [6.07, 6.45) is 3.30. The van der Waals surface area contributed by atoms with Gasteiger partial charge in [-0.2, -0.15) is 4.98 Å². The third kappa shape index (κ3) is 5.43. The normalized spacial score (nSPS) is 11.8. The van der Waals surface area contributed by atoms with Gasteiger partial charge >= 0.3 is 0 Å². The van der Waals surface area contributed by atoms with Crippen LogP contribution >= 0.6 is 0 Å². The van der Waals surface area contributed by atoms with E-state index in [0.29, 0.717) is 23.2 Å². The molecule has 10 heteroatoms. The Bertz CT molecular complexity index is 1050. The van der Waals surface area contributed by atoms with Gasteiger partial charge < -0.3 is 20.5 Å². The van der Waals surface area contributed by atoms with Gasteiger partial charge in [0.25, 0.3) is 5.69 Å². The Morgan fingerprint density at radius 1 is 1.16 bits per heavy atom. The molecule has 1 atom stereocenters. The van der Waals surface area contributed by atoms with Crippen molar-refractivity contribution in [1.82, 2.24) is 15.0 Å². The first kappa shape index (κ1) is 21.9. The molecule has 10 nitrogen and oxygen atoms in total. The molecule has 2 aromatic heterocycles. The van der Waals surface area contributed by atoms with Crippen molar-refractivity contribution < 1.29 is 14.8 Å². The fraction of sp³-hybridized carbons (Fsp3) is 0.286. The first-order valence-electron chi connectivity index (χ1n) is 9.67. The molecule has 0 aliphatic heterocycles. The molecule has 2 heterocycles. The van der Waals surface area contributed by atoms with E-state index in [1.165, 1.54) is 13.2 Å². The molecule has 0 fully saturated rings. The number of ether oxygens (including phenoxy) is 1. The fourth-order valence-electron chi connectivity index (χ4n) is 2.87. The van der Waals surface area contributed by atoms with E-state index in [-0.39, 0.29) is 29.9 Å². The summed E-state index contributed by atoms with van der Waals surface area (Å²) in [6, 6.07) is 9.57. The average molecular weight is 424 g/mol. The molecule has 0 unspecified atom stereocenters. The number of benzene rings is 1. The second kappa shape index (κ2) is 9.81. The first-order chi connectivity index (χ1) is 14.9. The fourth-order valence-corrected chi connectivity index (χ4v) is 2.87. The Hall–Kier alpha value is -3.79. The molecule has 0 radical (unpaired) electrons. The van der Waals surface area contributed by atoms with Crippen molar-refractivity contribution in [3.05, 3.63) is 58.9 Å². The molecule has 31 heavy (non-hydrogen) atoms. The van der Waals surface area contributed by atoms with Crippen LogP contribution in [0.15, 0.2) is 48.8 Å². The van der Waals surface area contributed by atoms with Gasteiger partial charge in [0, 0.05) is 24.0 Å². The van der Waals surface area contributed by atoms with Crippen LogP contribution < -0.4 is 15.4 Å². The molecule has 3 N–H and O–H groups in total. The predicted molar refractivity (Wildman–Crippen MR) is 118 cm³/mol. The maximum atomic E-state index is 11.5. The molecule has 0 aliphatic carbocycles. The number of pyridine rings is 1. The quantitative estimate of drug-likeness (QED) is 0.347. The van der Waals surface area contributed by atoms with Gasteiger partial charge in [0.1, 0.15) is 17.3 Å². The Balaban J connectivity index is 2.03. The van der Waals surface area contributed by atoms with E-state index >= 15 is 0 Å². The summed E-state index contributed by atoms with van der Waals surface area (Å²) in [5, 5.41) is 27.3. The van der Waals surface area contributed by atoms with Crippen LogP contribution in [0.3, 0.4) is 0 Å². The number of methoxy groups -OCH3 is 1. The lowest BCUT2D eigenvalue weighted by Gasteiger charge is -2.20. The van der Waals surface area contributed by atoms with Crippen LogP contribution in [-0.4, -0.2) is 44.7 Å². The zero-order valence-corrected chi connectivity index (χ0v) is 17.4. The summed E-state index contributed by atoms with van der Waals surface area (Å²) >= 11 is 0. The summed E-state index contributed by atoms with van der Waals surface area (Å²) in [5.74, 6) is 1.17. The standard InChI is InChI=1S/C21H24N6O4/c1-13(2)18(12-28)25-21-24-17(14-6-8-22-9-7-14)11-20(26-21)23-16-5-4-15(31-3)10-19(16)27(29)30/h4-11,13,18,28H,12H2,1-3H3,(H2,23,24,25,26)/t18-/m1/s1. The lowest BCUT2D eigenvalue weighted by molar-refractivity contribution is -0.384. The molecule has 3 rings (SSSR count). The number of nitrogens with zero attached hydrogens (tertiary/aromatic N) is 4. The summed E-state index contributed by atoms with van der Waals surface area (Å²) in [6.45, 7) is 3.86. The van der Waals surface area contributed by atoms with Gasteiger partial charge in [-0.25, -0.2) is 4.98 Å². The molecule has 1 aromatic carbocycles. The number of rotatable bonds is 9. The summed E-state index contributed by atoms with van der Waals surface area (Å²) in [5.41, 5.74) is 1.52. The van der Waals surface area contributed by atoms with Gasteiger partial charge in [-0.3, -0.25) is 15.1 Å². The van der Waals surface area contributed by atoms with Crippen molar-refractivity contribution in [3.8, 4) is 17.0 Å². The molecule has 0 saturated heterocycles.